The van der Waals surface area contributed by atoms with Gasteiger partial charge in [-0.15, -0.1) is 0 Å². The van der Waals surface area contributed by atoms with Crippen LogP contribution in [0.1, 0.15) is 0 Å². The number of anilines is 1. The number of nitrogens with one attached hydrogen (secondary N) is 1. The van der Waals surface area contributed by atoms with Crippen LogP contribution in [0.5, 0.6) is 0 Å². The van der Waals surface area contributed by atoms with E-state index < -0.39 is 4.92 Å². The minimum Gasteiger partial charge on any atom is -0.431 e. The zero-order valence-corrected chi connectivity index (χ0v) is 21.6. The number of benzene rings is 4. The van der Waals surface area contributed by atoms with Crippen molar-refractivity contribution in [1.29, 1.82) is 0 Å². The van der Waals surface area contributed by atoms with E-state index in [4.69, 9.17) is 4.42 Å². The molecule has 5 aromatic rings. The number of nitrogens with zero attached hydrogens (tertiary/aromatic N) is 2. The smallest absolute Gasteiger partial charge is 0.269 e. The Balaban J connectivity index is 1.21. The molecule has 0 bridgehead atoms. The summed E-state index contributed by atoms with van der Waals surface area (Å²) in [7, 11) is 0. The molecule has 0 aliphatic rings. The van der Waals surface area contributed by atoms with Crippen LogP contribution in [0, 0.1) is 10.1 Å². The molecule has 0 radical (unpaired) electrons. The van der Waals surface area contributed by atoms with Gasteiger partial charge in [-0.1, -0.05) is 84.2 Å². The van der Waals surface area contributed by atoms with Crippen LogP contribution in [0.3, 0.4) is 0 Å². The summed E-state index contributed by atoms with van der Waals surface area (Å²) in [6.45, 7) is 0. The first-order chi connectivity index (χ1) is 18.5. The molecule has 0 atom stereocenters. The van der Waals surface area contributed by atoms with E-state index in [2.05, 4.69) is 10.3 Å². The van der Waals surface area contributed by atoms with Gasteiger partial charge in [0.15, 0.2) is 5.76 Å². The number of carbonyl (C=O) groups excluding carboxylic acids is 1. The van der Waals surface area contributed by atoms with Crippen molar-refractivity contribution in [3.05, 3.63) is 119 Å². The first-order valence-electron chi connectivity index (χ1n) is 11.6. The van der Waals surface area contributed by atoms with Gasteiger partial charge in [-0.3, -0.25) is 14.9 Å². The second-order valence-electron chi connectivity index (χ2n) is 8.10. The van der Waals surface area contributed by atoms with E-state index >= 15 is 0 Å². The molecule has 0 aliphatic carbocycles. The predicted octanol–water partition coefficient (Wildman–Crippen LogP) is 7.80. The molecule has 1 aromatic heterocycles. The molecule has 0 saturated carbocycles. The van der Waals surface area contributed by atoms with Crippen molar-refractivity contribution in [2.45, 2.75) is 15.0 Å². The van der Waals surface area contributed by atoms with Gasteiger partial charge >= 0.3 is 0 Å². The Labute approximate surface area is 227 Å². The van der Waals surface area contributed by atoms with E-state index in [0.29, 0.717) is 16.7 Å². The number of thioether (sulfide) groups is 1. The van der Waals surface area contributed by atoms with Gasteiger partial charge in [0.05, 0.1) is 10.7 Å². The lowest BCUT2D eigenvalue weighted by Crippen LogP contribution is -2.13. The molecule has 1 N–H and O–H groups in total. The molecule has 0 unspecified atom stereocenters. The van der Waals surface area contributed by atoms with Crippen LogP contribution in [0.15, 0.2) is 129 Å². The van der Waals surface area contributed by atoms with Gasteiger partial charge in [0, 0.05) is 38.7 Å². The molecule has 1 heterocycles. The highest BCUT2D eigenvalue weighted by Crippen LogP contribution is 2.35. The van der Waals surface area contributed by atoms with Crippen LogP contribution >= 0.6 is 23.5 Å². The monoisotopic (exact) mass is 539 g/mol. The number of hydrogen-bond acceptors (Lipinski definition) is 7. The van der Waals surface area contributed by atoms with Crippen molar-refractivity contribution in [1.82, 2.24) is 4.98 Å². The molecule has 0 spiro atoms. The standard InChI is InChI=1S/C29H21N3O4S2/c33-26(30-22-11-15-24(16-12-22)38-25-17-13-23(14-18-25)32(34)35)19-37-29-31-27(20-7-3-1-4-8-20)28(36-29)21-9-5-2-6-10-21/h1-18H,19H2,(H,30,33). The molecule has 0 aliphatic heterocycles. The first-order valence-corrected chi connectivity index (χ1v) is 13.4. The number of aromatic nitrogens is 1. The lowest BCUT2D eigenvalue weighted by Gasteiger charge is -2.06. The fourth-order valence-electron chi connectivity index (χ4n) is 3.64. The van der Waals surface area contributed by atoms with Crippen molar-refractivity contribution in [2.24, 2.45) is 0 Å². The van der Waals surface area contributed by atoms with E-state index in [0.717, 1.165) is 26.6 Å². The van der Waals surface area contributed by atoms with Crippen molar-refractivity contribution >= 4 is 40.8 Å². The molecule has 0 fully saturated rings. The molecule has 7 nitrogen and oxygen atoms in total. The zero-order valence-electron chi connectivity index (χ0n) is 19.9. The van der Waals surface area contributed by atoms with Gasteiger partial charge in [0.2, 0.25) is 5.91 Å². The SMILES string of the molecule is O=C(CSc1nc(-c2ccccc2)c(-c2ccccc2)o1)Nc1ccc(Sc2ccc([N+](=O)[O-])cc2)cc1. The number of hydrogen-bond donors (Lipinski definition) is 1. The van der Waals surface area contributed by atoms with Gasteiger partial charge in [-0.2, -0.15) is 0 Å². The summed E-state index contributed by atoms with van der Waals surface area (Å²) in [5, 5.41) is 14.1. The predicted molar refractivity (Wildman–Crippen MR) is 150 cm³/mol. The molecule has 1 amide bonds. The Hall–Kier alpha value is -4.34. The van der Waals surface area contributed by atoms with Gasteiger partial charge < -0.3 is 9.73 Å². The highest BCUT2D eigenvalue weighted by Gasteiger charge is 2.18. The van der Waals surface area contributed by atoms with Crippen molar-refractivity contribution in [3.8, 4) is 22.6 Å². The average Bonchev–Trinajstić information content (AvgIpc) is 3.39. The minimum absolute atomic E-state index is 0.0580. The first kappa shape index (κ1) is 25.3. The Bertz CT molecular complexity index is 1480. The van der Waals surface area contributed by atoms with Crippen molar-refractivity contribution < 1.29 is 14.1 Å². The van der Waals surface area contributed by atoms with E-state index in [-0.39, 0.29) is 17.3 Å². The summed E-state index contributed by atoms with van der Waals surface area (Å²) in [6, 6.07) is 33.4. The summed E-state index contributed by atoms with van der Waals surface area (Å²) in [6.07, 6.45) is 0. The number of oxazole rings is 1. The highest BCUT2D eigenvalue weighted by molar-refractivity contribution is 7.99. The van der Waals surface area contributed by atoms with E-state index in [1.54, 1.807) is 12.1 Å². The summed E-state index contributed by atoms with van der Waals surface area (Å²) >= 11 is 2.72. The molecule has 0 saturated heterocycles. The van der Waals surface area contributed by atoms with Gasteiger partial charge in [0.1, 0.15) is 5.69 Å². The lowest BCUT2D eigenvalue weighted by atomic mass is 10.1. The lowest BCUT2D eigenvalue weighted by molar-refractivity contribution is -0.384. The summed E-state index contributed by atoms with van der Waals surface area (Å²) < 4.78 is 6.08. The third kappa shape index (κ3) is 6.31. The van der Waals surface area contributed by atoms with Crippen LogP contribution in [-0.2, 0) is 4.79 Å². The highest BCUT2D eigenvalue weighted by atomic mass is 32.2. The molecular weight excluding hydrogens is 518 g/mol. The third-order valence-corrected chi connectivity index (χ3v) is 7.28. The molecule has 5 rings (SSSR count). The molecule has 9 heteroatoms. The maximum atomic E-state index is 12.6. The third-order valence-electron chi connectivity index (χ3n) is 5.44. The average molecular weight is 540 g/mol. The second kappa shape index (κ2) is 11.8. The second-order valence-corrected chi connectivity index (χ2v) is 10.2. The van der Waals surface area contributed by atoms with Crippen molar-refractivity contribution in [2.75, 3.05) is 11.1 Å². The Kier molecular flexibility index (Phi) is 7.86. The Morgan fingerprint density at radius 2 is 1.39 bits per heavy atom. The molecule has 188 valence electrons. The molecule has 38 heavy (non-hydrogen) atoms. The van der Waals surface area contributed by atoms with Gasteiger partial charge in [-0.05, 0) is 36.4 Å². The van der Waals surface area contributed by atoms with Crippen LogP contribution in [0.2, 0.25) is 0 Å². The maximum absolute atomic E-state index is 12.6. The van der Waals surface area contributed by atoms with Gasteiger partial charge in [-0.25, -0.2) is 4.98 Å². The number of nitro benzene ring substituents is 1. The fourth-order valence-corrected chi connectivity index (χ4v) is 5.08. The number of carbonyl (C=O) groups is 1. The summed E-state index contributed by atoms with van der Waals surface area (Å²) in [4.78, 5) is 29.5. The van der Waals surface area contributed by atoms with E-state index in [1.165, 1.54) is 35.7 Å². The van der Waals surface area contributed by atoms with Crippen LogP contribution in [0.25, 0.3) is 22.6 Å². The Morgan fingerprint density at radius 1 is 0.816 bits per heavy atom. The van der Waals surface area contributed by atoms with Gasteiger partial charge in [0.25, 0.3) is 10.9 Å². The van der Waals surface area contributed by atoms with Crippen LogP contribution in [-0.4, -0.2) is 21.6 Å². The Morgan fingerprint density at radius 3 is 2.00 bits per heavy atom. The molecule has 4 aromatic carbocycles. The summed E-state index contributed by atoms with van der Waals surface area (Å²) in [5.41, 5.74) is 3.33. The topological polar surface area (TPSA) is 98.3 Å². The number of nitro groups is 1. The van der Waals surface area contributed by atoms with Crippen LogP contribution in [0.4, 0.5) is 11.4 Å². The van der Waals surface area contributed by atoms with E-state index in [1.807, 2.05) is 84.9 Å². The molecular formula is C29H21N3O4S2. The van der Waals surface area contributed by atoms with Crippen molar-refractivity contribution in [3.63, 3.8) is 0 Å². The number of rotatable bonds is 9. The quantitative estimate of drug-likeness (QED) is 0.116. The largest absolute Gasteiger partial charge is 0.431 e. The minimum atomic E-state index is -0.420. The fraction of sp³-hybridized carbons (Fsp3) is 0.0345. The maximum Gasteiger partial charge on any atom is 0.269 e. The number of non-ortho nitro benzene ring substituents is 1. The van der Waals surface area contributed by atoms with E-state index in [9.17, 15) is 14.9 Å². The number of amides is 1. The summed E-state index contributed by atoms with van der Waals surface area (Å²) in [5.74, 6) is 0.634. The van der Waals surface area contributed by atoms with Crippen LogP contribution < -0.4 is 5.32 Å². The zero-order chi connectivity index (χ0) is 26.3. The normalized spacial score (nSPS) is 10.7.